The Hall–Kier alpha value is -2.94. The molecular weight excluding hydrogens is 352 g/mol. The molecule has 8 nitrogen and oxygen atoms in total. The van der Waals surface area contributed by atoms with Gasteiger partial charge in [-0.05, 0) is 24.6 Å². The van der Waals surface area contributed by atoms with Crippen molar-refractivity contribution in [2.24, 2.45) is 0 Å². The third-order valence-corrected chi connectivity index (χ3v) is 5.26. The van der Waals surface area contributed by atoms with Crippen LogP contribution in [0.15, 0.2) is 36.7 Å². The van der Waals surface area contributed by atoms with E-state index in [2.05, 4.69) is 20.3 Å². The lowest BCUT2D eigenvalue weighted by atomic mass is 10.1. The van der Waals surface area contributed by atoms with Crippen molar-refractivity contribution >= 4 is 37.5 Å². The average Bonchev–Trinajstić information content (AvgIpc) is 3.23. The molecule has 9 heteroatoms. The number of aryl methyl sites for hydroxylation is 1. The number of pyridine rings is 1. The van der Waals surface area contributed by atoms with Crippen LogP contribution in [-0.4, -0.2) is 45.4 Å². The number of anilines is 1. The fraction of sp³-hybridized carbons (Fsp3) is 0.235. The third kappa shape index (κ3) is 3.13. The maximum absolute atomic E-state index is 11.3. The van der Waals surface area contributed by atoms with Gasteiger partial charge < -0.3 is 5.73 Å². The highest BCUT2D eigenvalue weighted by atomic mass is 32.2. The highest BCUT2D eigenvalue weighted by molar-refractivity contribution is 7.90. The number of hydrogen-bond acceptors (Lipinski definition) is 6. The van der Waals surface area contributed by atoms with Crippen LogP contribution in [0, 0.1) is 0 Å². The molecule has 0 radical (unpaired) electrons. The minimum Gasteiger partial charge on any atom is -0.383 e. The minimum atomic E-state index is -2.98. The average molecular weight is 370 g/mol. The number of sulfone groups is 1. The summed E-state index contributed by atoms with van der Waals surface area (Å²) in [6, 6.07) is 7.75. The van der Waals surface area contributed by atoms with Crippen molar-refractivity contribution in [1.29, 1.82) is 0 Å². The molecule has 0 fully saturated rings. The Balaban J connectivity index is 1.74. The minimum absolute atomic E-state index is 0.130. The van der Waals surface area contributed by atoms with E-state index in [0.717, 1.165) is 33.1 Å². The first-order valence-electron chi connectivity index (χ1n) is 8.15. The Morgan fingerprint density at radius 3 is 2.81 bits per heavy atom. The molecule has 4 rings (SSSR count). The number of H-pyrrole nitrogens is 1. The molecule has 0 atom stereocenters. The molecular formula is C17H18N6O2S. The summed E-state index contributed by atoms with van der Waals surface area (Å²) < 4.78 is 24.3. The van der Waals surface area contributed by atoms with Gasteiger partial charge in [-0.1, -0.05) is 6.07 Å². The van der Waals surface area contributed by atoms with Crippen LogP contribution in [0.5, 0.6) is 0 Å². The van der Waals surface area contributed by atoms with E-state index >= 15 is 0 Å². The number of fused-ring (bicyclic) bond motifs is 3. The molecule has 1 aromatic carbocycles. The van der Waals surface area contributed by atoms with Crippen molar-refractivity contribution < 1.29 is 8.42 Å². The molecule has 0 spiro atoms. The summed E-state index contributed by atoms with van der Waals surface area (Å²) in [4.78, 5) is 4.50. The summed E-state index contributed by atoms with van der Waals surface area (Å²) in [6.07, 6.45) is 5.32. The van der Waals surface area contributed by atoms with Crippen LogP contribution in [0.2, 0.25) is 0 Å². The predicted molar refractivity (Wildman–Crippen MR) is 101 cm³/mol. The zero-order chi connectivity index (χ0) is 18.3. The van der Waals surface area contributed by atoms with Crippen LogP contribution >= 0.6 is 0 Å². The third-order valence-electron chi connectivity index (χ3n) is 4.23. The van der Waals surface area contributed by atoms with Crippen LogP contribution in [0.3, 0.4) is 0 Å². The lowest BCUT2D eigenvalue weighted by Crippen LogP contribution is -2.07. The molecule has 0 bridgehead atoms. The first-order valence-corrected chi connectivity index (χ1v) is 10.2. The topological polar surface area (TPSA) is 120 Å². The van der Waals surface area contributed by atoms with Crippen molar-refractivity contribution in [2.45, 2.75) is 13.0 Å². The quantitative estimate of drug-likeness (QED) is 0.554. The van der Waals surface area contributed by atoms with Gasteiger partial charge in [0.1, 0.15) is 21.2 Å². The van der Waals surface area contributed by atoms with Gasteiger partial charge in [-0.2, -0.15) is 10.2 Å². The van der Waals surface area contributed by atoms with E-state index in [1.165, 1.54) is 6.26 Å². The monoisotopic (exact) mass is 370 g/mol. The van der Waals surface area contributed by atoms with Crippen molar-refractivity contribution in [2.75, 3.05) is 17.7 Å². The second kappa shape index (κ2) is 6.10. The molecule has 0 aliphatic heterocycles. The van der Waals surface area contributed by atoms with E-state index in [9.17, 15) is 8.42 Å². The summed E-state index contributed by atoms with van der Waals surface area (Å²) >= 11 is 0. The van der Waals surface area contributed by atoms with Crippen molar-refractivity contribution in [3.05, 3.63) is 36.7 Å². The SMILES string of the molecule is CS(=O)(=O)CCCn1cc2c(N)nc3cc(-c4cc[nH]n4)ccc3c2n1. The second-order valence-corrected chi connectivity index (χ2v) is 8.59. The molecule has 0 aliphatic carbocycles. The van der Waals surface area contributed by atoms with Crippen molar-refractivity contribution in [3.63, 3.8) is 0 Å². The zero-order valence-electron chi connectivity index (χ0n) is 14.2. The summed E-state index contributed by atoms with van der Waals surface area (Å²) in [7, 11) is -2.98. The highest BCUT2D eigenvalue weighted by Gasteiger charge is 2.12. The maximum Gasteiger partial charge on any atom is 0.147 e. The van der Waals surface area contributed by atoms with Gasteiger partial charge in [0.05, 0.1) is 22.3 Å². The van der Waals surface area contributed by atoms with Gasteiger partial charge in [-0.25, -0.2) is 13.4 Å². The first kappa shape index (κ1) is 16.5. The number of aromatic amines is 1. The molecule has 3 aromatic heterocycles. The van der Waals surface area contributed by atoms with E-state index in [1.807, 2.05) is 30.5 Å². The fourth-order valence-electron chi connectivity index (χ4n) is 3.01. The number of nitrogens with one attached hydrogen (secondary N) is 1. The number of nitrogens with zero attached hydrogens (tertiary/aromatic N) is 4. The van der Waals surface area contributed by atoms with Gasteiger partial charge in [0, 0.05) is 36.1 Å². The van der Waals surface area contributed by atoms with Crippen LogP contribution in [0.1, 0.15) is 6.42 Å². The van der Waals surface area contributed by atoms with E-state index < -0.39 is 9.84 Å². The highest BCUT2D eigenvalue weighted by Crippen LogP contribution is 2.29. The number of nitrogen functional groups attached to an aromatic ring is 1. The van der Waals surface area contributed by atoms with Crippen LogP contribution in [0.4, 0.5) is 5.82 Å². The van der Waals surface area contributed by atoms with Gasteiger partial charge in [-0.15, -0.1) is 0 Å². The van der Waals surface area contributed by atoms with Gasteiger partial charge in [0.2, 0.25) is 0 Å². The van der Waals surface area contributed by atoms with Gasteiger partial charge in [0.15, 0.2) is 0 Å². The summed E-state index contributed by atoms with van der Waals surface area (Å²) in [5.74, 6) is 0.533. The molecule has 0 unspecified atom stereocenters. The van der Waals surface area contributed by atoms with E-state index in [1.54, 1.807) is 10.9 Å². The normalized spacial score (nSPS) is 12.2. The van der Waals surface area contributed by atoms with Crippen molar-refractivity contribution in [1.82, 2.24) is 25.0 Å². The summed E-state index contributed by atoms with van der Waals surface area (Å²) in [6.45, 7) is 0.508. The Kier molecular flexibility index (Phi) is 3.87. The Morgan fingerprint density at radius 2 is 2.08 bits per heavy atom. The molecule has 134 valence electrons. The second-order valence-electron chi connectivity index (χ2n) is 6.33. The Morgan fingerprint density at radius 1 is 1.23 bits per heavy atom. The van der Waals surface area contributed by atoms with Gasteiger partial charge in [-0.3, -0.25) is 9.78 Å². The Labute approximate surface area is 150 Å². The first-order chi connectivity index (χ1) is 12.4. The summed E-state index contributed by atoms with van der Waals surface area (Å²) in [5, 5.41) is 13.2. The number of rotatable bonds is 5. The lowest BCUT2D eigenvalue weighted by molar-refractivity contribution is 0.579. The molecule has 0 saturated heterocycles. The van der Waals surface area contributed by atoms with Gasteiger partial charge in [0.25, 0.3) is 0 Å². The lowest BCUT2D eigenvalue weighted by Gasteiger charge is -2.03. The van der Waals surface area contributed by atoms with E-state index in [4.69, 9.17) is 5.73 Å². The van der Waals surface area contributed by atoms with Crippen molar-refractivity contribution in [3.8, 4) is 11.3 Å². The molecule has 0 amide bonds. The summed E-state index contributed by atoms with van der Waals surface area (Å²) in [5.41, 5.74) is 9.41. The zero-order valence-corrected chi connectivity index (χ0v) is 15.0. The van der Waals surface area contributed by atoms with E-state index in [0.29, 0.717) is 18.8 Å². The molecule has 26 heavy (non-hydrogen) atoms. The number of hydrogen-bond donors (Lipinski definition) is 2. The van der Waals surface area contributed by atoms with Crippen LogP contribution in [0.25, 0.3) is 33.1 Å². The molecule has 3 N–H and O–H groups in total. The molecule has 0 aliphatic rings. The van der Waals surface area contributed by atoms with Gasteiger partial charge >= 0.3 is 0 Å². The number of nitrogens with two attached hydrogens (primary N) is 1. The maximum atomic E-state index is 11.3. The van der Waals surface area contributed by atoms with Crippen LogP contribution < -0.4 is 5.73 Å². The fourth-order valence-corrected chi connectivity index (χ4v) is 3.66. The standard InChI is InChI=1S/C17H18N6O2S/c1-26(24,25)8-2-7-23-10-13-16(22-23)12-4-3-11(14-5-6-19-21-14)9-15(12)20-17(13)18/h3-6,9-10H,2,7-8H2,1H3,(H2,18,20)(H,19,21). The largest absolute Gasteiger partial charge is 0.383 e. The Bertz CT molecular complexity index is 1200. The number of benzene rings is 1. The number of aromatic nitrogens is 5. The molecule has 0 saturated carbocycles. The smallest absolute Gasteiger partial charge is 0.147 e. The van der Waals surface area contributed by atoms with E-state index in [-0.39, 0.29) is 5.75 Å². The predicted octanol–water partition coefficient (Wildman–Crippen LogP) is 1.99. The molecule has 4 aromatic rings. The molecule has 3 heterocycles. The van der Waals surface area contributed by atoms with Crippen LogP contribution in [-0.2, 0) is 16.4 Å².